The first-order valence-corrected chi connectivity index (χ1v) is 7.86. The molecule has 0 aliphatic rings. The van der Waals surface area contributed by atoms with Gasteiger partial charge in [-0.25, -0.2) is 9.97 Å². The van der Waals surface area contributed by atoms with E-state index in [9.17, 15) is 0 Å². The van der Waals surface area contributed by atoms with Crippen molar-refractivity contribution >= 4 is 27.5 Å². The minimum absolute atomic E-state index is 0.335. The lowest BCUT2D eigenvalue weighted by atomic mass is 10.0. The Morgan fingerprint density at radius 1 is 1.25 bits per heavy atom. The summed E-state index contributed by atoms with van der Waals surface area (Å²) >= 11 is 9.61. The highest BCUT2D eigenvalue weighted by Gasteiger charge is 2.11. The van der Waals surface area contributed by atoms with Crippen LogP contribution in [-0.4, -0.2) is 9.97 Å². The Bertz CT molecular complexity index is 600. The fourth-order valence-electron chi connectivity index (χ4n) is 1.78. The van der Waals surface area contributed by atoms with Crippen molar-refractivity contribution < 1.29 is 4.74 Å². The lowest BCUT2D eigenvalue weighted by Crippen LogP contribution is -1.97. The SMILES string of the molecule is Cc1cc(Cl)c(C(C)C)cc1Oc1ncc(CBr)cn1. The van der Waals surface area contributed by atoms with Gasteiger partial charge in [-0.1, -0.05) is 41.4 Å². The van der Waals surface area contributed by atoms with Crippen molar-refractivity contribution in [1.29, 1.82) is 0 Å². The van der Waals surface area contributed by atoms with E-state index in [1.807, 2.05) is 19.1 Å². The third-order valence-electron chi connectivity index (χ3n) is 2.95. The molecule has 0 N–H and O–H groups in total. The second-order valence-electron chi connectivity index (χ2n) is 4.90. The first kappa shape index (κ1) is 15.3. The van der Waals surface area contributed by atoms with Crippen molar-refractivity contribution in [3.05, 3.63) is 46.2 Å². The normalized spacial score (nSPS) is 10.9. The van der Waals surface area contributed by atoms with E-state index in [0.29, 0.717) is 11.9 Å². The Kier molecular flexibility index (Phi) is 5.00. The van der Waals surface area contributed by atoms with Crippen LogP contribution in [0.2, 0.25) is 5.02 Å². The Morgan fingerprint density at radius 2 is 1.90 bits per heavy atom. The molecule has 2 rings (SSSR count). The topological polar surface area (TPSA) is 35.0 Å². The van der Waals surface area contributed by atoms with E-state index in [0.717, 1.165) is 32.8 Å². The van der Waals surface area contributed by atoms with Gasteiger partial charge in [-0.05, 0) is 41.7 Å². The second-order valence-corrected chi connectivity index (χ2v) is 5.87. The van der Waals surface area contributed by atoms with Crippen LogP contribution in [0.1, 0.15) is 36.5 Å². The van der Waals surface area contributed by atoms with E-state index in [4.69, 9.17) is 16.3 Å². The van der Waals surface area contributed by atoms with Crippen molar-refractivity contribution in [2.24, 2.45) is 0 Å². The van der Waals surface area contributed by atoms with Gasteiger partial charge >= 0.3 is 6.01 Å². The number of rotatable bonds is 4. The first-order chi connectivity index (χ1) is 9.51. The van der Waals surface area contributed by atoms with Crippen LogP contribution < -0.4 is 4.74 Å². The van der Waals surface area contributed by atoms with E-state index in [1.165, 1.54) is 0 Å². The summed E-state index contributed by atoms with van der Waals surface area (Å²) in [5, 5.41) is 1.49. The molecule has 0 atom stereocenters. The van der Waals surface area contributed by atoms with Gasteiger partial charge in [-0.15, -0.1) is 0 Å². The molecule has 0 amide bonds. The molecule has 0 unspecified atom stereocenters. The minimum atomic E-state index is 0.335. The molecule has 0 fully saturated rings. The summed E-state index contributed by atoms with van der Waals surface area (Å²) in [5.41, 5.74) is 3.03. The molecule has 5 heteroatoms. The fraction of sp³-hybridized carbons (Fsp3) is 0.333. The van der Waals surface area contributed by atoms with E-state index in [1.54, 1.807) is 12.4 Å². The summed E-state index contributed by atoms with van der Waals surface area (Å²) in [4.78, 5) is 8.37. The van der Waals surface area contributed by atoms with E-state index in [-0.39, 0.29) is 0 Å². The smallest absolute Gasteiger partial charge is 0.321 e. The summed E-state index contributed by atoms with van der Waals surface area (Å²) < 4.78 is 5.76. The van der Waals surface area contributed by atoms with Gasteiger partial charge in [0, 0.05) is 22.7 Å². The quantitative estimate of drug-likeness (QED) is 0.703. The van der Waals surface area contributed by atoms with Gasteiger partial charge in [0.1, 0.15) is 5.75 Å². The molecule has 0 bridgehead atoms. The lowest BCUT2D eigenvalue weighted by molar-refractivity contribution is 0.437. The maximum atomic E-state index is 6.25. The summed E-state index contributed by atoms with van der Waals surface area (Å²) in [6, 6.07) is 4.22. The number of alkyl halides is 1. The Labute approximate surface area is 132 Å². The third-order valence-corrected chi connectivity index (χ3v) is 3.93. The van der Waals surface area contributed by atoms with Crippen molar-refractivity contribution in [3.63, 3.8) is 0 Å². The van der Waals surface area contributed by atoms with Crippen molar-refractivity contribution in [2.75, 3.05) is 0 Å². The number of aromatic nitrogens is 2. The van der Waals surface area contributed by atoms with Crippen LogP contribution in [-0.2, 0) is 5.33 Å². The number of aryl methyl sites for hydroxylation is 1. The monoisotopic (exact) mass is 354 g/mol. The molecule has 1 aromatic heterocycles. The largest absolute Gasteiger partial charge is 0.424 e. The van der Waals surface area contributed by atoms with Crippen LogP contribution in [0, 0.1) is 6.92 Å². The zero-order chi connectivity index (χ0) is 14.7. The third kappa shape index (κ3) is 3.49. The molecule has 1 aromatic carbocycles. The highest BCUT2D eigenvalue weighted by Crippen LogP contribution is 2.32. The average molecular weight is 356 g/mol. The highest BCUT2D eigenvalue weighted by molar-refractivity contribution is 9.08. The lowest BCUT2D eigenvalue weighted by Gasteiger charge is -2.13. The number of halogens is 2. The molecule has 20 heavy (non-hydrogen) atoms. The molecule has 0 aliphatic carbocycles. The Hall–Kier alpha value is -1.13. The molecule has 0 spiro atoms. The van der Waals surface area contributed by atoms with Crippen LogP contribution in [0.5, 0.6) is 11.8 Å². The summed E-state index contributed by atoms with van der Waals surface area (Å²) in [6.45, 7) is 6.15. The van der Waals surface area contributed by atoms with Gasteiger partial charge in [-0.2, -0.15) is 0 Å². The van der Waals surface area contributed by atoms with Crippen LogP contribution in [0.4, 0.5) is 0 Å². The standard InChI is InChI=1S/C15H16BrClN2O/c1-9(2)12-5-14(10(3)4-13(12)17)20-15-18-7-11(6-16)8-19-15/h4-5,7-9H,6H2,1-3H3. The van der Waals surface area contributed by atoms with Crippen molar-refractivity contribution in [3.8, 4) is 11.8 Å². The van der Waals surface area contributed by atoms with Gasteiger partial charge in [0.05, 0.1) is 0 Å². The highest BCUT2D eigenvalue weighted by atomic mass is 79.9. The van der Waals surface area contributed by atoms with Gasteiger partial charge in [0.2, 0.25) is 0 Å². The summed E-state index contributed by atoms with van der Waals surface area (Å²) in [5.74, 6) is 1.08. The Morgan fingerprint density at radius 3 is 2.45 bits per heavy atom. The molecule has 0 aliphatic heterocycles. The summed E-state index contributed by atoms with van der Waals surface area (Å²) in [7, 11) is 0. The summed E-state index contributed by atoms with van der Waals surface area (Å²) in [6.07, 6.45) is 3.48. The second kappa shape index (κ2) is 6.55. The Balaban J connectivity index is 2.30. The van der Waals surface area contributed by atoms with Crippen molar-refractivity contribution in [2.45, 2.75) is 32.0 Å². The molecule has 3 nitrogen and oxygen atoms in total. The predicted octanol–water partition coefficient (Wildman–Crippen LogP) is 5.25. The van der Waals surface area contributed by atoms with Gasteiger partial charge < -0.3 is 4.74 Å². The number of hydrogen-bond acceptors (Lipinski definition) is 3. The van der Waals surface area contributed by atoms with E-state index in [2.05, 4.69) is 39.7 Å². The van der Waals surface area contributed by atoms with Gasteiger partial charge in [-0.3, -0.25) is 0 Å². The number of ether oxygens (including phenoxy) is 1. The first-order valence-electron chi connectivity index (χ1n) is 6.36. The number of hydrogen-bond donors (Lipinski definition) is 0. The minimum Gasteiger partial charge on any atom is -0.424 e. The number of benzene rings is 1. The predicted molar refractivity (Wildman–Crippen MR) is 85.0 cm³/mol. The average Bonchev–Trinajstić information content (AvgIpc) is 2.42. The molecule has 2 aromatic rings. The van der Waals surface area contributed by atoms with Crippen LogP contribution in [0.15, 0.2) is 24.5 Å². The molecule has 0 saturated carbocycles. The van der Waals surface area contributed by atoms with Crippen molar-refractivity contribution in [1.82, 2.24) is 9.97 Å². The van der Waals surface area contributed by atoms with Crippen LogP contribution in [0.25, 0.3) is 0 Å². The zero-order valence-electron chi connectivity index (χ0n) is 11.7. The van der Waals surface area contributed by atoms with Crippen LogP contribution in [0.3, 0.4) is 0 Å². The molecule has 0 radical (unpaired) electrons. The van der Waals surface area contributed by atoms with E-state index < -0.39 is 0 Å². The van der Waals surface area contributed by atoms with Crippen LogP contribution >= 0.6 is 27.5 Å². The number of nitrogens with zero attached hydrogens (tertiary/aromatic N) is 2. The van der Waals surface area contributed by atoms with Gasteiger partial charge in [0.25, 0.3) is 0 Å². The maximum absolute atomic E-state index is 6.25. The maximum Gasteiger partial charge on any atom is 0.321 e. The molecule has 106 valence electrons. The molecule has 0 saturated heterocycles. The van der Waals surface area contributed by atoms with E-state index >= 15 is 0 Å². The molecular formula is C15H16BrClN2O. The zero-order valence-corrected chi connectivity index (χ0v) is 14.0. The fourth-order valence-corrected chi connectivity index (χ4v) is 2.51. The molecular weight excluding hydrogens is 340 g/mol. The molecule has 1 heterocycles. The van der Waals surface area contributed by atoms with Gasteiger partial charge in [0.15, 0.2) is 0 Å².